The summed E-state index contributed by atoms with van der Waals surface area (Å²) in [6, 6.07) is 3.57. The van der Waals surface area contributed by atoms with E-state index in [0.717, 1.165) is 50.4 Å². The molecule has 0 aliphatic carbocycles. The molecule has 162 valence electrons. The number of phenols is 2. The molecule has 1 aromatic rings. The average molecular weight is 393 g/mol. The largest absolute Gasteiger partial charge is 0.507 e. The third-order valence-corrected chi connectivity index (χ3v) is 5.38. The van der Waals surface area contributed by atoms with Gasteiger partial charge < -0.3 is 10.2 Å². The summed E-state index contributed by atoms with van der Waals surface area (Å²) in [7, 11) is 0. The Balaban J connectivity index is 2.92. The van der Waals surface area contributed by atoms with Crippen molar-refractivity contribution < 1.29 is 10.2 Å². The van der Waals surface area contributed by atoms with Gasteiger partial charge in [0.25, 0.3) is 0 Å². The lowest BCUT2D eigenvalue weighted by Gasteiger charge is -2.25. The van der Waals surface area contributed by atoms with Gasteiger partial charge in [0.05, 0.1) is 0 Å². The number of aromatic hydroxyl groups is 2. The number of hydrogen-bond acceptors (Lipinski definition) is 4. The lowest BCUT2D eigenvalue weighted by atomic mass is 10.1. The molecule has 0 fully saturated rings. The summed E-state index contributed by atoms with van der Waals surface area (Å²) in [5.74, 6) is 0.431. The molecule has 0 saturated carbocycles. The van der Waals surface area contributed by atoms with Crippen molar-refractivity contribution in [1.29, 1.82) is 0 Å². The van der Waals surface area contributed by atoms with Gasteiger partial charge in [-0.1, -0.05) is 53.4 Å². The summed E-state index contributed by atoms with van der Waals surface area (Å²) in [5, 5.41) is 20.9. The highest BCUT2D eigenvalue weighted by atomic mass is 16.3. The van der Waals surface area contributed by atoms with Crippen molar-refractivity contribution in [2.24, 2.45) is 0 Å². The summed E-state index contributed by atoms with van der Waals surface area (Å²) in [5.41, 5.74) is 1.87. The number of rotatable bonds is 16. The van der Waals surface area contributed by atoms with Gasteiger partial charge >= 0.3 is 0 Å². The summed E-state index contributed by atoms with van der Waals surface area (Å²) < 4.78 is 0. The van der Waals surface area contributed by atoms with Gasteiger partial charge in [0.15, 0.2) is 0 Å². The van der Waals surface area contributed by atoms with Crippen molar-refractivity contribution in [3.05, 3.63) is 23.3 Å². The van der Waals surface area contributed by atoms with Gasteiger partial charge in [-0.3, -0.25) is 9.80 Å². The molecule has 0 amide bonds. The van der Waals surface area contributed by atoms with E-state index >= 15 is 0 Å². The van der Waals surface area contributed by atoms with E-state index in [4.69, 9.17) is 0 Å². The second-order valence-electron chi connectivity index (χ2n) is 8.08. The van der Waals surface area contributed by atoms with Crippen LogP contribution in [0.25, 0.3) is 0 Å². The molecule has 1 aromatic carbocycles. The number of nitrogens with zero attached hydrogens (tertiary/aromatic N) is 2. The smallest absolute Gasteiger partial charge is 0.123 e. The van der Waals surface area contributed by atoms with Crippen LogP contribution in [0, 0.1) is 0 Å². The van der Waals surface area contributed by atoms with E-state index in [0.29, 0.717) is 0 Å². The molecule has 0 aromatic heterocycles. The fourth-order valence-corrected chi connectivity index (χ4v) is 3.47. The Morgan fingerprint density at radius 3 is 1.18 bits per heavy atom. The summed E-state index contributed by atoms with van der Waals surface area (Å²) in [6.45, 7) is 14.6. The molecule has 0 radical (unpaired) electrons. The maximum Gasteiger partial charge on any atom is 0.123 e. The summed E-state index contributed by atoms with van der Waals surface area (Å²) >= 11 is 0. The van der Waals surface area contributed by atoms with Crippen LogP contribution >= 0.6 is 0 Å². The van der Waals surface area contributed by atoms with Crippen molar-refractivity contribution >= 4 is 0 Å². The minimum Gasteiger partial charge on any atom is -0.507 e. The van der Waals surface area contributed by atoms with E-state index in [1.807, 2.05) is 6.07 Å². The highest BCUT2D eigenvalue weighted by molar-refractivity contribution is 5.45. The molecule has 0 saturated heterocycles. The van der Waals surface area contributed by atoms with E-state index in [1.54, 1.807) is 6.07 Å². The first-order valence-corrected chi connectivity index (χ1v) is 11.5. The second kappa shape index (κ2) is 14.7. The predicted octanol–water partition coefficient (Wildman–Crippen LogP) is 5.90. The van der Waals surface area contributed by atoms with Crippen LogP contribution in [0.15, 0.2) is 12.1 Å². The fraction of sp³-hybridized carbons (Fsp3) is 0.750. The first-order valence-electron chi connectivity index (χ1n) is 11.5. The Morgan fingerprint density at radius 1 is 0.571 bits per heavy atom. The highest BCUT2D eigenvalue weighted by Gasteiger charge is 2.15. The average Bonchev–Trinajstić information content (AvgIpc) is 2.69. The third kappa shape index (κ3) is 9.29. The SMILES string of the molecule is CCCCN(CCCC)Cc1cc(CN(CCCC)CCCC)c(O)cc1O. The van der Waals surface area contributed by atoms with Crippen LogP contribution in [-0.2, 0) is 13.1 Å². The van der Waals surface area contributed by atoms with Gasteiger partial charge in [0, 0.05) is 30.3 Å². The summed E-state index contributed by atoms with van der Waals surface area (Å²) in [6.07, 6.45) is 9.43. The van der Waals surface area contributed by atoms with Crippen LogP contribution < -0.4 is 0 Å². The van der Waals surface area contributed by atoms with Gasteiger partial charge in [0.2, 0.25) is 0 Å². The molecule has 0 spiro atoms. The van der Waals surface area contributed by atoms with Crippen LogP contribution in [0.1, 0.15) is 90.2 Å². The van der Waals surface area contributed by atoms with E-state index in [-0.39, 0.29) is 11.5 Å². The minimum absolute atomic E-state index is 0.216. The molecule has 0 bridgehead atoms. The van der Waals surface area contributed by atoms with E-state index in [2.05, 4.69) is 37.5 Å². The third-order valence-electron chi connectivity index (χ3n) is 5.38. The number of phenolic OH excluding ortho intramolecular Hbond substituents is 2. The van der Waals surface area contributed by atoms with Crippen molar-refractivity contribution in [3.63, 3.8) is 0 Å². The number of unbranched alkanes of at least 4 members (excludes halogenated alkanes) is 4. The Hall–Kier alpha value is -1.26. The Labute approximate surface area is 173 Å². The molecular formula is C24H44N2O2. The molecule has 4 heteroatoms. The van der Waals surface area contributed by atoms with Crippen LogP contribution in [-0.4, -0.2) is 46.2 Å². The van der Waals surface area contributed by atoms with Crippen molar-refractivity contribution in [2.45, 2.75) is 92.2 Å². The maximum atomic E-state index is 10.4. The van der Waals surface area contributed by atoms with Gasteiger partial charge in [0.1, 0.15) is 11.5 Å². The molecule has 0 atom stereocenters. The Morgan fingerprint density at radius 2 is 0.893 bits per heavy atom. The van der Waals surface area contributed by atoms with Crippen LogP contribution in [0.2, 0.25) is 0 Å². The maximum absolute atomic E-state index is 10.4. The van der Waals surface area contributed by atoms with Gasteiger partial charge in [-0.2, -0.15) is 0 Å². The quantitative estimate of drug-likeness (QED) is 0.367. The zero-order chi connectivity index (χ0) is 20.8. The van der Waals surface area contributed by atoms with Crippen LogP contribution in [0.4, 0.5) is 0 Å². The molecule has 28 heavy (non-hydrogen) atoms. The topological polar surface area (TPSA) is 46.9 Å². The molecular weight excluding hydrogens is 348 g/mol. The molecule has 0 unspecified atom stereocenters. The lowest BCUT2D eigenvalue weighted by molar-refractivity contribution is 0.248. The lowest BCUT2D eigenvalue weighted by Crippen LogP contribution is -2.27. The second-order valence-corrected chi connectivity index (χ2v) is 8.08. The minimum atomic E-state index is 0.216. The first kappa shape index (κ1) is 24.8. The van der Waals surface area contributed by atoms with E-state index in [1.165, 1.54) is 51.4 Å². The molecule has 0 heterocycles. The van der Waals surface area contributed by atoms with E-state index < -0.39 is 0 Å². The molecule has 0 aliphatic rings. The van der Waals surface area contributed by atoms with E-state index in [9.17, 15) is 10.2 Å². The predicted molar refractivity (Wildman–Crippen MR) is 120 cm³/mol. The fourth-order valence-electron chi connectivity index (χ4n) is 3.47. The zero-order valence-corrected chi connectivity index (χ0v) is 18.8. The van der Waals surface area contributed by atoms with Crippen molar-refractivity contribution in [2.75, 3.05) is 26.2 Å². The molecule has 0 aliphatic heterocycles. The Bertz CT molecular complexity index is 474. The molecule has 1 rings (SSSR count). The first-order chi connectivity index (χ1) is 13.5. The molecule has 2 N–H and O–H groups in total. The number of benzene rings is 1. The standard InChI is InChI=1S/C24H44N2O2/c1-5-9-13-25(14-10-6-2)19-21-17-22(24(28)18-23(21)27)20-26(15-11-7-3)16-12-8-4/h17-18,27-28H,5-16,19-20H2,1-4H3. The van der Waals surface area contributed by atoms with Crippen molar-refractivity contribution in [1.82, 2.24) is 9.80 Å². The van der Waals surface area contributed by atoms with Gasteiger partial charge in [-0.25, -0.2) is 0 Å². The van der Waals surface area contributed by atoms with Crippen molar-refractivity contribution in [3.8, 4) is 11.5 Å². The zero-order valence-electron chi connectivity index (χ0n) is 18.8. The normalized spacial score (nSPS) is 11.6. The van der Waals surface area contributed by atoms with Crippen LogP contribution in [0.5, 0.6) is 11.5 Å². The highest BCUT2D eigenvalue weighted by Crippen LogP contribution is 2.30. The number of hydrogen-bond donors (Lipinski definition) is 2. The molecule has 4 nitrogen and oxygen atoms in total. The summed E-state index contributed by atoms with van der Waals surface area (Å²) in [4.78, 5) is 4.88. The van der Waals surface area contributed by atoms with Gasteiger partial charge in [-0.15, -0.1) is 0 Å². The van der Waals surface area contributed by atoms with Gasteiger partial charge in [-0.05, 0) is 57.9 Å². The Kier molecular flexibility index (Phi) is 13.0. The van der Waals surface area contributed by atoms with Crippen LogP contribution in [0.3, 0.4) is 0 Å². The monoisotopic (exact) mass is 392 g/mol.